The average molecular weight is 273 g/mol. The molecule has 1 aromatic heterocycles. The lowest BCUT2D eigenvalue weighted by Gasteiger charge is -2.13. The Hall–Kier alpha value is -1.85. The largest absolute Gasteiger partial charge is 0.497 e. The number of benzene rings is 1. The van der Waals surface area contributed by atoms with Crippen LogP contribution in [-0.2, 0) is 0 Å². The predicted molar refractivity (Wildman–Crippen MR) is 77.5 cm³/mol. The summed E-state index contributed by atoms with van der Waals surface area (Å²) in [6, 6.07) is 12.3. The molecule has 4 nitrogen and oxygen atoms in total. The average Bonchev–Trinajstić information content (AvgIpc) is 3.07. The van der Waals surface area contributed by atoms with Crippen LogP contribution in [0.25, 0.3) is 0 Å². The zero-order valence-corrected chi connectivity index (χ0v) is 11.6. The van der Waals surface area contributed by atoms with Crippen LogP contribution in [0.4, 0.5) is 0 Å². The van der Waals surface area contributed by atoms with Gasteiger partial charge in [0.1, 0.15) is 11.8 Å². The van der Waals surface area contributed by atoms with Crippen molar-refractivity contribution in [2.24, 2.45) is 5.10 Å². The van der Waals surface area contributed by atoms with E-state index < -0.39 is 0 Å². The summed E-state index contributed by atoms with van der Waals surface area (Å²) < 4.78 is 5.19. The molecule has 1 aliphatic rings. The van der Waals surface area contributed by atoms with Gasteiger partial charge in [0.05, 0.1) is 12.8 Å². The first-order valence-electron chi connectivity index (χ1n) is 6.04. The summed E-state index contributed by atoms with van der Waals surface area (Å²) in [5.41, 5.74) is 5.48. The van der Waals surface area contributed by atoms with Crippen molar-refractivity contribution in [2.75, 3.05) is 14.2 Å². The van der Waals surface area contributed by atoms with E-state index in [0.29, 0.717) is 0 Å². The third-order valence-electron chi connectivity index (χ3n) is 3.06. The number of rotatable bonds is 3. The van der Waals surface area contributed by atoms with Gasteiger partial charge in [-0.25, -0.2) is 10.5 Å². The fourth-order valence-corrected chi connectivity index (χ4v) is 2.91. The third kappa shape index (κ3) is 2.34. The highest BCUT2D eigenvalue weighted by atomic mass is 32.1. The van der Waals surface area contributed by atoms with Gasteiger partial charge in [-0.05, 0) is 35.7 Å². The second kappa shape index (κ2) is 5.03. The normalized spacial score (nSPS) is 18.5. The molecule has 0 fully saturated rings. The molecule has 98 valence electrons. The molecule has 1 unspecified atom stereocenters. The van der Waals surface area contributed by atoms with E-state index in [4.69, 9.17) is 4.74 Å². The predicted octanol–water partition coefficient (Wildman–Crippen LogP) is 2.65. The van der Waals surface area contributed by atoms with E-state index in [1.54, 1.807) is 23.6 Å². The number of thiophene rings is 1. The summed E-state index contributed by atoms with van der Waals surface area (Å²) in [5, 5.41) is 8.41. The fourth-order valence-electron chi connectivity index (χ4n) is 2.14. The number of hydrogen-bond acceptors (Lipinski definition) is 5. The lowest BCUT2D eigenvalue weighted by molar-refractivity contribution is 0.264. The molecule has 2 heterocycles. The van der Waals surface area contributed by atoms with E-state index in [1.165, 1.54) is 4.88 Å². The Balaban J connectivity index is 1.94. The van der Waals surface area contributed by atoms with Crippen molar-refractivity contribution in [1.29, 1.82) is 0 Å². The monoisotopic (exact) mass is 273 g/mol. The Bertz CT molecular complexity index is 577. The summed E-state index contributed by atoms with van der Waals surface area (Å²) in [4.78, 5) is 1.26. The Kier molecular flexibility index (Phi) is 3.23. The van der Waals surface area contributed by atoms with Crippen molar-refractivity contribution < 1.29 is 4.74 Å². The zero-order chi connectivity index (χ0) is 13.2. The SMILES string of the molecule is COc1ccc(C2=NN(C)NC2c2cccs2)cc1. The van der Waals surface area contributed by atoms with Gasteiger partial charge in [0.15, 0.2) is 0 Å². The molecule has 0 spiro atoms. The van der Waals surface area contributed by atoms with E-state index in [2.05, 4.69) is 28.0 Å². The molecule has 3 rings (SSSR count). The minimum absolute atomic E-state index is 0.124. The standard InChI is InChI=1S/C14H15N3OS/c1-17-15-13(10-5-7-11(18-2)8-6-10)14(16-17)12-4-3-9-19-12/h3-9,14,16H,1-2H3. The molecule has 5 heteroatoms. The first-order valence-corrected chi connectivity index (χ1v) is 6.92. The molecule has 2 aromatic rings. The van der Waals surface area contributed by atoms with Crippen LogP contribution in [0.2, 0.25) is 0 Å². The molecule has 19 heavy (non-hydrogen) atoms. The number of nitrogens with zero attached hydrogens (tertiary/aromatic N) is 2. The molecule has 1 aliphatic heterocycles. The highest BCUT2D eigenvalue weighted by Gasteiger charge is 2.27. The van der Waals surface area contributed by atoms with E-state index in [9.17, 15) is 0 Å². The van der Waals surface area contributed by atoms with Gasteiger partial charge in [0.25, 0.3) is 0 Å². The molecule has 0 amide bonds. The Morgan fingerprint density at radius 3 is 2.68 bits per heavy atom. The minimum Gasteiger partial charge on any atom is -0.497 e. The molecule has 0 saturated carbocycles. The van der Waals surface area contributed by atoms with Crippen molar-refractivity contribution in [2.45, 2.75) is 6.04 Å². The smallest absolute Gasteiger partial charge is 0.118 e. The van der Waals surface area contributed by atoms with Crippen molar-refractivity contribution in [3.8, 4) is 5.75 Å². The summed E-state index contributed by atoms with van der Waals surface area (Å²) in [7, 11) is 3.59. The van der Waals surface area contributed by atoms with Gasteiger partial charge in [-0.15, -0.1) is 11.3 Å². The first-order chi connectivity index (χ1) is 9.28. The molecule has 0 radical (unpaired) electrons. The van der Waals surface area contributed by atoms with Crippen molar-refractivity contribution >= 4 is 17.0 Å². The Morgan fingerprint density at radius 2 is 2.05 bits per heavy atom. The van der Waals surface area contributed by atoms with Crippen LogP contribution in [0.5, 0.6) is 5.75 Å². The maximum atomic E-state index is 5.19. The van der Waals surface area contributed by atoms with Gasteiger partial charge in [-0.1, -0.05) is 6.07 Å². The van der Waals surface area contributed by atoms with E-state index in [0.717, 1.165) is 17.0 Å². The Labute approximate surface area is 116 Å². The topological polar surface area (TPSA) is 36.9 Å². The fraction of sp³-hybridized carbons (Fsp3) is 0.214. The van der Waals surface area contributed by atoms with Gasteiger partial charge in [-0.2, -0.15) is 5.10 Å². The van der Waals surface area contributed by atoms with Gasteiger partial charge >= 0.3 is 0 Å². The molecule has 0 aliphatic carbocycles. The number of methoxy groups -OCH3 is 1. The second-order valence-electron chi connectivity index (χ2n) is 4.31. The van der Waals surface area contributed by atoms with Crippen molar-refractivity contribution in [1.82, 2.24) is 10.5 Å². The van der Waals surface area contributed by atoms with Crippen LogP contribution in [0, 0.1) is 0 Å². The van der Waals surface area contributed by atoms with Gasteiger partial charge in [0, 0.05) is 17.5 Å². The summed E-state index contributed by atoms with van der Waals surface area (Å²) in [5.74, 6) is 0.858. The van der Waals surface area contributed by atoms with Crippen LogP contribution >= 0.6 is 11.3 Å². The zero-order valence-electron chi connectivity index (χ0n) is 10.8. The van der Waals surface area contributed by atoms with Crippen LogP contribution in [0.3, 0.4) is 0 Å². The highest BCUT2D eigenvalue weighted by molar-refractivity contribution is 7.10. The molecule has 0 saturated heterocycles. The van der Waals surface area contributed by atoms with E-state index in [-0.39, 0.29) is 6.04 Å². The quantitative estimate of drug-likeness (QED) is 0.934. The first kappa shape index (κ1) is 12.2. The van der Waals surface area contributed by atoms with Gasteiger partial charge in [0.2, 0.25) is 0 Å². The Morgan fingerprint density at radius 1 is 1.26 bits per heavy atom. The van der Waals surface area contributed by atoms with Crippen molar-refractivity contribution in [3.05, 3.63) is 52.2 Å². The maximum absolute atomic E-state index is 5.19. The lowest BCUT2D eigenvalue weighted by atomic mass is 10.0. The molecule has 0 bridgehead atoms. The third-order valence-corrected chi connectivity index (χ3v) is 4.00. The number of hydrogen-bond donors (Lipinski definition) is 1. The van der Waals surface area contributed by atoms with Gasteiger partial charge in [-0.3, -0.25) is 0 Å². The van der Waals surface area contributed by atoms with Crippen LogP contribution in [0.1, 0.15) is 16.5 Å². The lowest BCUT2D eigenvalue weighted by Crippen LogP contribution is -2.28. The van der Waals surface area contributed by atoms with E-state index in [1.807, 2.05) is 31.3 Å². The molecule has 1 atom stereocenters. The van der Waals surface area contributed by atoms with E-state index >= 15 is 0 Å². The highest BCUT2D eigenvalue weighted by Crippen LogP contribution is 2.28. The number of hydrazine groups is 1. The van der Waals surface area contributed by atoms with Crippen LogP contribution in [0.15, 0.2) is 46.9 Å². The minimum atomic E-state index is 0.124. The van der Waals surface area contributed by atoms with Crippen molar-refractivity contribution in [3.63, 3.8) is 0 Å². The summed E-state index contributed by atoms with van der Waals surface area (Å²) >= 11 is 1.73. The molecular formula is C14H15N3OS. The number of ether oxygens (including phenoxy) is 1. The summed E-state index contributed by atoms with van der Waals surface area (Å²) in [6.45, 7) is 0. The maximum Gasteiger partial charge on any atom is 0.118 e. The van der Waals surface area contributed by atoms with Crippen LogP contribution in [-0.4, -0.2) is 25.0 Å². The van der Waals surface area contributed by atoms with Gasteiger partial charge < -0.3 is 4.74 Å². The molecule has 1 N–H and O–H groups in total. The van der Waals surface area contributed by atoms with Crippen LogP contribution < -0.4 is 10.2 Å². The molecular weight excluding hydrogens is 258 g/mol. The molecule has 1 aromatic carbocycles. The number of nitrogens with one attached hydrogen (secondary N) is 1. The number of hydrazone groups is 1. The second-order valence-corrected chi connectivity index (χ2v) is 5.29. The summed E-state index contributed by atoms with van der Waals surface area (Å²) in [6.07, 6.45) is 0.